The number of H-pyrrole nitrogens is 1. The second-order valence-electron chi connectivity index (χ2n) is 6.47. The number of amides is 2. The van der Waals surface area contributed by atoms with Gasteiger partial charge in [-0.25, -0.2) is 9.78 Å². The Labute approximate surface area is 147 Å². The number of urea groups is 1. The van der Waals surface area contributed by atoms with Crippen LogP contribution in [0.3, 0.4) is 0 Å². The molecule has 0 fully saturated rings. The van der Waals surface area contributed by atoms with Gasteiger partial charge in [0.15, 0.2) is 0 Å². The van der Waals surface area contributed by atoms with Crippen LogP contribution in [0, 0.1) is 0 Å². The summed E-state index contributed by atoms with van der Waals surface area (Å²) in [4.78, 5) is 19.8. The second-order valence-corrected chi connectivity index (χ2v) is 6.47. The van der Waals surface area contributed by atoms with E-state index >= 15 is 0 Å². The van der Waals surface area contributed by atoms with Gasteiger partial charge in [-0.2, -0.15) is 0 Å². The van der Waals surface area contributed by atoms with Crippen LogP contribution >= 0.6 is 0 Å². The Morgan fingerprint density at radius 1 is 1.08 bits per heavy atom. The van der Waals surface area contributed by atoms with Crippen LogP contribution in [0.5, 0.6) is 0 Å². The fraction of sp³-hybridized carbons (Fsp3) is 0.300. The van der Waals surface area contributed by atoms with Crippen LogP contribution in [-0.2, 0) is 13.0 Å². The number of nitrogens with zero attached hydrogens (tertiary/aromatic N) is 1. The first-order valence-electron chi connectivity index (χ1n) is 8.66. The maximum absolute atomic E-state index is 11.9. The predicted octanol–water partition coefficient (Wildman–Crippen LogP) is 3.73. The summed E-state index contributed by atoms with van der Waals surface area (Å²) < 4.78 is 0. The average molecular weight is 336 g/mol. The molecule has 5 nitrogen and oxygen atoms in total. The highest BCUT2D eigenvalue weighted by atomic mass is 16.2. The molecule has 3 rings (SSSR count). The molecule has 130 valence electrons. The maximum Gasteiger partial charge on any atom is 0.315 e. The Bertz CT molecular complexity index is 839. The van der Waals surface area contributed by atoms with Crippen LogP contribution < -0.4 is 10.6 Å². The summed E-state index contributed by atoms with van der Waals surface area (Å²) in [5, 5.41) is 5.76. The standard InChI is InChI=1S/C20H24N4O/c1-14(2)19-23-17-9-8-15(12-18(17)24-19)10-11-21-20(25)22-13-16-6-4-3-5-7-16/h3-9,12,14H,10-11,13H2,1-2H3,(H,23,24)(H2,21,22,25). The van der Waals surface area contributed by atoms with Crippen molar-refractivity contribution in [3.63, 3.8) is 0 Å². The summed E-state index contributed by atoms with van der Waals surface area (Å²) in [6.07, 6.45) is 0.782. The quantitative estimate of drug-likeness (QED) is 0.642. The molecule has 0 saturated heterocycles. The highest BCUT2D eigenvalue weighted by molar-refractivity contribution is 5.76. The van der Waals surface area contributed by atoms with Crippen LogP contribution in [0.15, 0.2) is 48.5 Å². The van der Waals surface area contributed by atoms with E-state index in [2.05, 4.69) is 46.6 Å². The number of aromatic amines is 1. The topological polar surface area (TPSA) is 69.8 Å². The maximum atomic E-state index is 11.9. The normalized spacial score (nSPS) is 11.0. The van der Waals surface area contributed by atoms with E-state index in [1.165, 1.54) is 5.56 Å². The van der Waals surface area contributed by atoms with Gasteiger partial charge in [0.1, 0.15) is 5.82 Å². The van der Waals surface area contributed by atoms with Crippen molar-refractivity contribution in [2.75, 3.05) is 6.54 Å². The van der Waals surface area contributed by atoms with Gasteiger partial charge in [0.25, 0.3) is 0 Å². The van der Waals surface area contributed by atoms with E-state index < -0.39 is 0 Å². The highest BCUT2D eigenvalue weighted by Gasteiger charge is 2.07. The van der Waals surface area contributed by atoms with Gasteiger partial charge in [-0.1, -0.05) is 50.2 Å². The minimum Gasteiger partial charge on any atom is -0.342 e. The molecule has 0 atom stereocenters. The Balaban J connectivity index is 1.48. The predicted molar refractivity (Wildman–Crippen MR) is 101 cm³/mol. The van der Waals surface area contributed by atoms with Gasteiger partial charge < -0.3 is 15.6 Å². The van der Waals surface area contributed by atoms with Gasteiger partial charge in [0.05, 0.1) is 11.0 Å². The van der Waals surface area contributed by atoms with Crippen molar-refractivity contribution in [1.82, 2.24) is 20.6 Å². The molecule has 0 unspecified atom stereocenters. The Hall–Kier alpha value is -2.82. The Morgan fingerprint density at radius 3 is 2.64 bits per heavy atom. The Kier molecular flexibility index (Phi) is 5.33. The first-order valence-corrected chi connectivity index (χ1v) is 8.66. The third-order valence-electron chi connectivity index (χ3n) is 4.11. The number of carbonyl (C=O) groups is 1. The number of carbonyl (C=O) groups excluding carboxylic acids is 1. The van der Waals surface area contributed by atoms with Crippen LogP contribution in [0.4, 0.5) is 4.79 Å². The first-order chi connectivity index (χ1) is 12.1. The van der Waals surface area contributed by atoms with Gasteiger partial charge in [-0.15, -0.1) is 0 Å². The van der Waals surface area contributed by atoms with E-state index in [0.29, 0.717) is 19.0 Å². The lowest BCUT2D eigenvalue weighted by Gasteiger charge is -2.08. The zero-order valence-corrected chi connectivity index (χ0v) is 14.7. The van der Waals surface area contributed by atoms with E-state index in [1.807, 2.05) is 36.4 Å². The van der Waals surface area contributed by atoms with Crippen molar-refractivity contribution in [3.05, 3.63) is 65.5 Å². The van der Waals surface area contributed by atoms with Crippen molar-refractivity contribution < 1.29 is 4.79 Å². The van der Waals surface area contributed by atoms with Crippen LogP contribution in [-0.4, -0.2) is 22.5 Å². The number of imidazole rings is 1. The zero-order chi connectivity index (χ0) is 17.6. The van der Waals surface area contributed by atoms with Crippen molar-refractivity contribution in [3.8, 4) is 0 Å². The van der Waals surface area contributed by atoms with E-state index in [4.69, 9.17) is 0 Å². The molecule has 25 heavy (non-hydrogen) atoms. The van der Waals surface area contributed by atoms with Crippen LogP contribution in [0.2, 0.25) is 0 Å². The summed E-state index contributed by atoms with van der Waals surface area (Å²) in [6, 6.07) is 15.9. The van der Waals surface area contributed by atoms with Crippen molar-refractivity contribution in [2.45, 2.75) is 32.7 Å². The van der Waals surface area contributed by atoms with Crippen LogP contribution in [0.1, 0.15) is 36.7 Å². The molecule has 1 heterocycles. The molecule has 0 aliphatic heterocycles. The summed E-state index contributed by atoms with van der Waals surface area (Å²) >= 11 is 0. The van der Waals surface area contributed by atoms with Crippen LogP contribution in [0.25, 0.3) is 11.0 Å². The molecule has 5 heteroatoms. The number of fused-ring (bicyclic) bond motifs is 1. The van der Waals surface area contributed by atoms with Gasteiger partial charge in [-0.3, -0.25) is 0 Å². The number of hydrogen-bond donors (Lipinski definition) is 3. The zero-order valence-electron chi connectivity index (χ0n) is 14.7. The van der Waals surface area contributed by atoms with Gasteiger partial charge in [0.2, 0.25) is 0 Å². The Morgan fingerprint density at radius 2 is 1.88 bits per heavy atom. The number of hydrogen-bond acceptors (Lipinski definition) is 2. The SMILES string of the molecule is CC(C)c1nc2ccc(CCNC(=O)NCc3ccccc3)cc2[nH]1. The number of aromatic nitrogens is 2. The molecule has 2 amide bonds. The summed E-state index contributed by atoms with van der Waals surface area (Å²) in [6.45, 7) is 5.37. The summed E-state index contributed by atoms with van der Waals surface area (Å²) in [5.41, 5.74) is 4.30. The summed E-state index contributed by atoms with van der Waals surface area (Å²) in [7, 11) is 0. The van der Waals surface area contributed by atoms with E-state index in [0.717, 1.165) is 28.8 Å². The van der Waals surface area contributed by atoms with Crippen molar-refractivity contribution >= 4 is 17.1 Å². The minimum absolute atomic E-state index is 0.145. The lowest BCUT2D eigenvalue weighted by molar-refractivity contribution is 0.240. The first kappa shape index (κ1) is 17.0. The number of nitrogens with one attached hydrogen (secondary N) is 3. The third-order valence-corrected chi connectivity index (χ3v) is 4.11. The molecule has 1 aromatic heterocycles. The molecule has 0 bridgehead atoms. The molecule has 2 aromatic carbocycles. The molecule has 0 spiro atoms. The molecule has 3 aromatic rings. The smallest absolute Gasteiger partial charge is 0.315 e. The fourth-order valence-electron chi connectivity index (χ4n) is 2.67. The fourth-order valence-corrected chi connectivity index (χ4v) is 2.67. The number of rotatable bonds is 6. The largest absolute Gasteiger partial charge is 0.342 e. The molecule has 0 saturated carbocycles. The van der Waals surface area contributed by atoms with E-state index in [1.54, 1.807) is 0 Å². The average Bonchev–Trinajstić information content (AvgIpc) is 3.04. The van der Waals surface area contributed by atoms with Gasteiger partial charge in [0, 0.05) is 19.0 Å². The van der Waals surface area contributed by atoms with Gasteiger partial charge in [-0.05, 0) is 29.7 Å². The van der Waals surface area contributed by atoms with Crippen molar-refractivity contribution in [2.24, 2.45) is 0 Å². The van der Waals surface area contributed by atoms with E-state index in [9.17, 15) is 4.79 Å². The van der Waals surface area contributed by atoms with E-state index in [-0.39, 0.29) is 6.03 Å². The second kappa shape index (κ2) is 7.83. The summed E-state index contributed by atoms with van der Waals surface area (Å²) in [5.74, 6) is 1.39. The van der Waals surface area contributed by atoms with Gasteiger partial charge >= 0.3 is 6.03 Å². The molecule has 0 aliphatic rings. The molecule has 0 aliphatic carbocycles. The molecule has 0 radical (unpaired) electrons. The monoisotopic (exact) mass is 336 g/mol. The highest BCUT2D eigenvalue weighted by Crippen LogP contribution is 2.18. The third kappa shape index (κ3) is 4.59. The van der Waals surface area contributed by atoms with Crippen molar-refractivity contribution in [1.29, 1.82) is 0 Å². The molecular formula is C20H24N4O. The lowest BCUT2D eigenvalue weighted by Crippen LogP contribution is -2.36. The molecular weight excluding hydrogens is 312 g/mol. The minimum atomic E-state index is -0.145. The lowest BCUT2D eigenvalue weighted by atomic mass is 10.1. The molecule has 3 N–H and O–H groups in total. The number of benzene rings is 2.